The summed E-state index contributed by atoms with van der Waals surface area (Å²) in [5, 5.41) is 6.38. The molecule has 2 rings (SSSR count). The molecule has 0 saturated carbocycles. The summed E-state index contributed by atoms with van der Waals surface area (Å²) in [6.45, 7) is 1.87. The molecule has 0 bridgehead atoms. The lowest BCUT2D eigenvalue weighted by molar-refractivity contribution is 0.320. The van der Waals surface area contributed by atoms with E-state index < -0.39 is 0 Å². The molecule has 5 nitrogen and oxygen atoms in total. The minimum Gasteiger partial charge on any atom is -0.490 e. The molecule has 0 fully saturated rings. The zero-order valence-corrected chi connectivity index (χ0v) is 15.9. The molecular formula is C17H22FIN4O. The Kier molecular flexibility index (Phi) is 9.74. The summed E-state index contributed by atoms with van der Waals surface area (Å²) in [7, 11) is 1.72. The number of guanidine groups is 1. The topological polar surface area (TPSA) is 58.5 Å². The zero-order chi connectivity index (χ0) is 16.3. The van der Waals surface area contributed by atoms with Crippen LogP contribution in [0.1, 0.15) is 5.56 Å². The first-order valence-corrected chi connectivity index (χ1v) is 7.50. The summed E-state index contributed by atoms with van der Waals surface area (Å²) in [6.07, 6.45) is 4.18. The van der Waals surface area contributed by atoms with Gasteiger partial charge in [-0.05, 0) is 36.2 Å². The molecule has 0 spiro atoms. The minimum absolute atomic E-state index is 0. The van der Waals surface area contributed by atoms with Crippen molar-refractivity contribution in [3.05, 3.63) is 60.2 Å². The summed E-state index contributed by atoms with van der Waals surface area (Å²) < 4.78 is 18.4. The number of hydrogen-bond donors (Lipinski definition) is 2. The number of rotatable bonds is 7. The van der Waals surface area contributed by atoms with Gasteiger partial charge in [0.05, 0.1) is 12.7 Å². The Morgan fingerprint density at radius 2 is 1.92 bits per heavy atom. The second-order valence-electron chi connectivity index (χ2n) is 4.84. The summed E-state index contributed by atoms with van der Waals surface area (Å²) in [5.74, 6) is 1.24. The van der Waals surface area contributed by atoms with Crippen LogP contribution in [-0.4, -0.2) is 37.7 Å². The lowest BCUT2D eigenvalue weighted by Gasteiger charge is -2.12. The number of ether oxygens (including phenoxy) is 1. The molecule has 0 radical (unpaired) electrons. The number of benzene rings is 1. The van der Waals surface area contributed by atoms with E-state index in [9.17, 15) is 4.39 Å². The molecule has 24 heavy (non-hydrogen) atoms. The van der Waals surface area contributed by atoms with Gasteiger partial charge in [-0.25, -0.2) is 4.39 Å². The highest BCUT2D eigenvalue weighted by molar-refractivity contribution is 14.0. The minimum atomic E-state index is -0.215. The maximum Gasteiger partial charge on any atom is 0.191 e. The largest absolute Gasteiger partial charge is 0.490 e. The molecule has 1 aromatic heterocycles. The normalized spacial score (nSPS) is 10.7. The Morgan fingerprint density at radius 3 is 2.58 bits per heavy atom. The number of aromatic nitrogens is 1. The van der Waals surface area contributed by atoms with Crippen LogP contribution in [0.15, 0.2) is 53.8 Å². The van der Waals surface area contributed by atoms with E-state index in [2.05, 4.69) is 20.6 Å². The molecule has 2 N–H and O–H groups in total. The van der Waals surface area contributed by atoms with Gasteiger partial charge in [0.25, 0.3) is 0 Å². The van der Waals surface area contributed by atoms with Crippen molar-refractivity contribution in [2.45, 2.75) is 6.42 Å². The Labute approximate surface area is 158 Å². The number of halogens is 2. The summed E-state index contributed by atoms with van der Waals surface area (Å²) in [4.78, 5) is 8.13. The van der Waals surface area contributed by atoms with E-state index in [0.29, 0.717) is 19.1 Å². The number of hydrogen-bond acceptors (Lipinski definition) is 3. The van der Waals surface area contributed by atoms with Crippen molar-refractivity contribution < 1.29 is 9.13 Å². The van der Waals surface area contributed by atoms with Gasteiger partial charge in [0, 0.05) is 19.8 Å². The maximum atomic E-state index is 12.8. The van der Waals surface area contributed by atoms with Gasteiger partial charge in [-0.2, -0.15) is 0 Å². The maximum absolute atomic E-state index is 12.8. The Balaban J connectivity index is 0.00000288. The Morgan fingerprint density at radius 1 is 1.17 bits per heavy atom. The van der Waals surface area contributed by atoms with E-state index in [1.807, 2.05) is 12.1 Å². The molecule has 0 saturated heterocycles. The highest BCUT2D eigenvalue weighted by Crippen LogP contribution is 2.05. The molecular weight excluding hydrogens is 422 g/mol. The fraction of sp³-hybridized carbons (Fsp3) is 0.294. The van der Waals surface area contributed by atoms with Crippen molar-refractivity contribution in [1.29, 1.82) is 0 Å². The van der Waals surface area contributed by atoms with Crippen molar-refractivity contribution in [3.8, 4) is 5.75 Å². The lowest BCUT2D eigenvalue weighted by Crippen LogP contribution is -2.40. The van der Waals surface area contributed by atoms with Crippen molar-refractivity contribution in [3.63, 3.8) is 0 Å². The van der Waals surface area contributed by atoms with E-state index >= 15 is 0 Å². The SMILES string of the molecule is CN=C(NCCOc1cccnc1)NCCc1ccc(F)cc1.I. The molecule has 130 valence electrons. The van der Waals surface area contributed by atoms with E-state index in [0.717, 1.165) is 24.3 Å². The smallest absolute Gasteiger partial charge is 0.191 e. The molecule has 0 atom stereocenters. The first-order valence-electron chi connectivity index (χ1n) is 7.50. The van der Waals surface area contributed by atoms with Crippen molar-refractivity contribution in [2.75, 3.05) is 26.7 Å². The van der Waals surface area contributed by atoms with Gasteiger partial charge in [0.1, 0.15) is 18.2 Å². The van der Waals surface area contributed by atoms with Gasteiger partial charge in [0.2, 0.25) is 0 Å². The first-order chi connectivity index (χ1) is 11.3. The van der Waals surface area contributed by atoms with E-state index in [1.54, 1.807) is 31.6 Å². The number of nitrogens with one attached hydrogen (secondary N) is 2. The van der Waals surface area contributed by atoms with Crippen molar-refractivity contribution >= 4 is 29.9 Å². The second kappa shape index (κ2) is 11.6. The Bertz CT molecular complexity index is 608. The average Bonchev–Trinajstić information content (AvgIpc) is 2.59. The van der Waals surface area contributed by atoms with Gasteiger partial charge in [0.15, 0.2) is 5.96 Å². The van der Waals surface area contributed by atoms with Crippen LogP contribution >= 0.6 is 24.0 Å². The predicted octanol–water partition coefficient (Wildman–Crippen LogP) is 2.63. The number of pyridine rings is 1. The molecule has 7 heteroatoms. The highest BCUT2D eigenvalue weighted by atomic mass is 127. The fourth-order valence-corrected chi connectivity index (χ4v) is 1.97. The molecule has 0 aliphatic rings. The van der Waals surface area contributed by atoms with E-state index in [-0.39, 0.29) is 29.8 Å². The van der Waals surface area contributed by atoms with Gasteiger partial charge in [-0.3, -0.25) is 9.98 Å². The molecule has 2 aromatic rings. The molecule has 1 aromatic carbocycles. The summed E-state index contributed by atoms with van der Waals surface area (Å²) >= 11 is 0. The highest BCUT2D eigenvalue weighted by Gasteiger charge is 1.99. The van der Waals surface area contributed by atoms with Crippen molar-refractivity contribution in [2.24, 2.45) is 4.99 Å². The lowest BCUT2D eigenvalue weighted by atomic mass is 10.1. The van der Waals surface area contributed by atoms with Gasteiger partial charge < -0.3 is 15.4 Å². The van der Waals surface area contributed by atoms with Crippen LogP contribution in [0.4, 0.5) is 4.39 Å². The van der Waals surface area contributed by atoms with Gasteiger partial charge in [-0.15, -0.1) is 24.0 Å². The zero-order valence-electron chi connectivity index (χ0n) is 13.5. The quantitative estimate of drug-likeness (QED) is 0.299. The molecule has 0 aliphatic heterocycles. The van der Waals surface area contributed by atoms with E-state index in [4.69, 9.17) is 4.74 Å². The third kappa shape index (κ3) is 7.58. The second-order valence-corrected chi connectivity index (χ2v) is 4.84. The average molecular weight is 444 g/mol. The van der Waals surface area contributed by atoms with Crippen LogP contribution in [0.3, 0.4) is 0 Å². The third-order valence-corrected chi connectivity index (χ3v) is 3.14. The van der Waals surface area contributed by atoms with E-state index in [1.165, 1.54) is 12.1 Å². The standard InChI is InChI=1S/C17H21FN4O.HI/c1-19-17(21-10-8-14-4-6-15(18)7-5-14)22-11-12-23-16-3-2-9-20-13-16;/h2-7,9,13H,8,10-12H2,1H3,(H2,19,21,22);1H. The van der Waals surface area contributed by atoms with Crippen LogP contribution < -0.4 is 15.4 Å². The number of nitrogens with zero attached hydrogens (tertiary/aromatic N) is 2. The molecule has 1 heterocycles. The monoisotopic (exact) mass is 444 g/mol. The number of aliphatic imine (C=N–C) groups is 1. The Hall–Kier alpha value is -1.90. The molecule has 0 aliphatic carbocycles. The van der Waals surface area contributed by atoms with Crippen LogP contribution in [0, 0.1) is 5.82 Å². The van der Waals surface area contributed by atoms with Gasteiger partial charge in [-0.1, -0.05) is 12.1 Å². The van der Waals surface area contributed by atoms with Gasteiger partial charge >= 0.3 is 0 Å². The summed E-state index contributed by atoms with van der Waals surface area (Å²) in [6, 6.07) is 10.2. The molecule has 0 amide bonds. The third-order valence-electron chi connectivity index (χ3n) is 3.14. The van der Waals surface area contributed by atoms with Crippen LogP contribution in [0.2, 0.25) is 0 Å². The predicted molar refractivity (Wildman–Crippen MR) is 105 cm³/mol. The fourth-order valence-electron chi connectivity index (χ4n) is 1.97. The first kappa shape index (κ1) is 20.1. The molecule has 0 unspecified atom stereocenters. The van der Waals surface area contributed by atoms with Crippen LogP contribution in [0.5, 0.6) is 5.75 Å². The summed E-state index contributed by atoms with van der Waals surface area (Å²) in [5.41, 5.74) is 1.08. The van der Waals surface area contributed by atoms with Crippen LogP contribution in [0.25, 0.3) is 0 Å². The van der Waals surface area contributed by atoms with Crippen molar-refractivity contribution in [1.82, 2.24) is 15.6 Å². The van der Waals surface area contributed by atoms with Crippen LogP contribution in [-0.2, 0) is 6.42 Å².